The summed E-state index contributed by atoms with van der Waals surface area (Å²) in [7, 11) is 2.20. The van der Waals surface area contributed by atoms with Crippen LogP contribution in [0.15, 0.2) is 29.2 Å². The molecule has 0 aliphatic rings. The van der Waals surface area contributed by atoms with Crippen LogP contribution in [-0.4, -0.2) is 64.3 Å². The second-order valence-corrected chi connectivity index (χ2v) is 7.37. The van der Waals surface area contributed by atoms with E-state index in [0.29, 0.717) is 13.0 Å². The van der Waals surface area contributed by atoms with Gasteiger partial charge >= 0.3 is 5.97 Å². The van der Waals surface area contributed by atoms with E-state index < -0.39 is 10.0 Å². The van der Waals surface area contributed by atoms with Crippen molar-refractivity contribution in [3.63, 3.8) is 0 Å². The summed E-state index contributed by atoms with van der Waals surface area (Å²) in [6.45, 7) is 0.374. The van der Waals surface area contributed by atoms with Crippen molar-refractivity contribution < 1.29 is 22.7 Å². The van der Waals surface area contributed by atoms with Gasteiger partial charge in [-0.1, -0.05) is 6.07 Å². The van der Waals surface area contributed by atoms with E-state index >= 15 is 0 Å². The normalized spacial score (nSPS) is 11.3. The Morgan fingerprint density at radius 3 is 2.39 bits per heavy atom. The van der Waals surface area contributed by atoms with Crippen LogP contribution in [-0.2, 0) is 19.6 Å². The molecule has 0 unspecified atom stereocenters. The second-order valence-electron chi connectivity index (χ2n) is 5.22. The molecule has 0 radical (unpaired) electrons. The lowest BCUT2D eigenvalue weighted by Gasteiger charge is -2.18. The van der Waals surface area contributed by atoms with E-state index in [1.807, 2.05) is 0 Å². The molecule has 0 bridgehead atoms. The van der Waals surface area contributed by atoms with E-state index in [0.717, 1.165) is 4.31 Å². The highest BCUT2D eigenvalue weighted by atomic mass is 32.2. The predicted molar refractivity (Wildman–Crippen MR) is 85.5 cm³/mol. The molecule has 0 saturated carbocycles. The molecule has 1 aromatic carbocycles. The first-order chi connectivity index (χ1) is 10.7. The highest BCUT2D eigenvalue weighted by Crippen LogP contribution is 2.16. The fourth-order valence-corrected chi connectivity index (χ4v) is 2.83. The second kappa shape index (κ2) is 8.07. The number of hydrogen-bond acceptors (Lipinski definition) is 5. The first-order valence-corrected chi connectivity index (χ1v) is 8.49. The predicted octanol–water partition coefficient (Wildman–Crippen LogP) is 0.962. The summed E-state index contributed by atoms with van der Waals surface area (Å²) in [6, 6.07) is 5.90. The summed E-state index contributed by atoms with van der Waals surface area (Å²) in [4.78, 5) is 24.9. The molecule has 1 amide bonds. The highest BCUT2D eigenvalue weighted by molar-refractivity contribution is 7.89. The van der Waals surface area contributed by atoms with Crippen molar-refractivity contribution in [2.75, 3.05) is 34.8 Å². The number of rotatable bonds is 7. The van der Waals surface area contributed by atoms with E-state index in [1.54, 1.807) is 13.1 Å². The first kappa shape index (κ1) is 19.1. The molecule has 128 valence electrons. The minimum Gasteiger partial charge on any atom is -0.469 e. The van der Waals surface area contributed by atoms with Gasteiger partial charge in [-0.2, -0.15) is 0 Å². The summed E-state index contributed by atoms with van der Waals surface area (Å²) in [5, 5.41) is 0. The standard InChI is InChI=1S/C15H22N2O5S/c1-16(2)23(20,21)13-8-5-7-12(11-13)15(19)17(3)10-6-9-14(18)22-4/h5,7-8,11H,6,9-10H2,1-4H3. The maximum atomic E-state index is 12.3. The minimum absolute atomic E-state index is 0.0660. The van der Waals surface area contributed by atoms with Crippen LogP contribution in [0.1, 0.15) is 23.2 Å². The number of nitrogens with zero attached hydrogens (tertiary/aromatic N) is 2. The van der Waals surface area contributed by atoms with Crippen LogP contribution in [0, 0.1) is 0 Å². The van der Waals surface area contributed by atoms with E-state index in [9.17, 15) is 18.0 Å². The molecule has 0 aromatic heterocycles. The fraction of sp³-hybridized carbons (Fsp3) is 0.467. The smallest absolute Gasteiger partial charge is 0.305 e. The average molecular weight is 342 g/mol. The number of ether oxygens (including phenoxy) is 1. The Morgan fingerprint density at radius 1 is 1.17 bits per heavy atom. The zero-order valence-electron chi connectivity index (χ0n) is 13.8. The number of hydrogen-bond donors (Lipinski definition) is 0. The van der Waals surface area contributed by atoms with Gasteiger partial charge in [-0.15, -0.1) is 0 Å². The summed E-state index contributed by atoms with van der Waals surface area (Å²) in [5.41, 5.74) is 0.286. The summed E-state index contributed by atoms with van der Waals surface area (Å²) in [5.74, 6) is -0.629. The van der Waals surface area contributed by atoms with Crippen molar-refractivity contribution in [2.45, 2.75) is 17.7 Å². The number of esters is 1. The highest BCUT2D eigenvalue weighted by Gasteiger charge is 2.20. The first-order valence-electron chi connectivity index (χ1n) is 7.05. The maximum Gasteiger partial charge on any atom is 0.305 e. The summed E-state index contributed by atoms with van der Waals surface area (Å²) in [6.07, 6.45) is 0.702. The van der Waals surface area contributed by atoms with Crippen LogP contribution in [0.2, 0.25) is 0 Å². The lowest BCUT2D eigenvalue weighted by atomic mass is 10.2. The Bertz CT molecular complexity index is 670. The van der Waals surface area contributed by atoms with Crippen molar-refractivity contribution in [3.8, 4) is 0 Å². The fourth-order valence-electron chi connectivity index (χ4n) is 1.88. The Kier molecular flexibility index (Phi) is 6.71. The van der Waals surface area contributed by atoms with Gasteiger partial charge in [0.1, 0.15) is 0 Å². The van der Waals surface area contributed by atoms with Gasteiger partial charge in [0.15, 0.2) is 0 Å². The van der Waals surface area contributed by atoms with Crippen LogP contribution in [0.3, 0.4) is 0 Å². The third kappa shape index (κ3) is 5.04. The van der Waals surface area contributed by atoms with Gasteiger partial charge < -0.3 is 9.64 Å². The van der Waals surface area contributed by atoms with Gasteiger partial charge in [0.05, 0.1) is 12.0 Å². The van der Waals surface area contributed by atoms with Crippen LogP contribution in [0.4, 0.5) is 0 Å². The summed E-state index contributed by atoms with van der Waals surface area (Å²) < 4.78 is 29.8. The average Bonchev–Trinajstić information content (AvgIpc) is 2.53. The molecule has 0 aliphatic carbocycles. The van der Waals surface area contributed by atoms with Gasteiger partial charge in [-0.05, 0) is 24.6 Å². The Morgan fingerprint density at radius 2 is 1.83 bits per heavy atom. The zero-order valence-corrected chi connectivity index (χ0v) is 14.6. The number of methoxy groups -OCH3 is 1. The van der Waals surface area contributed by atoms with Crippen molar-refractivity contribution in [2.24, 2.45) is 0 Å². The van der Waals surface area contributed by atoms with Gasteiger partial charge in [0, 0.05) is 39.7 Å². The van der Waals surface area contributed by atoms with Crippen molar-refractivity contribution in [1.29, 1.82) is 0 Å². The maximum absolute atomic E-state index is 12.3. The van der Waals surface area contributed by atoms with Gasteiger partial charge in [-0.3, -0.25) is 9.59 Å². The Labute approximate surface area is 136 Å². The quantitative estimate of drug-likeness (QED) is 0.689. The number of carbonyl (C=O) groups excluding carboxylic acids is 2. The molecular formula is C15H22N2O5S. The molecule has 23 heavy (non-hydrogen) atoms. The SMILES string of the molecule is COC(=O)CCCN(C)C(=O)c1cccc(S(=O)(=O)N(C)C)c1. The lowest BCUT2D eigenvalue weighted by molar-refractivity contribution is -0.140. The third-order valence-electron chi connectivity index (χ3n) is 3.31. The number of amides is 1. The van der Waals surface area contributed by atoms with Crippen LogP contribution in [0.5, 0.6) is 0 Å². The van der Waals surface area contributed by atoms with Crippen molar-refractivity contribution in [3.05, 3.63) is 29.8 Å². The van der Waals surface area contributed by atoms with E-state index in [2.05, 4.69) is 4.74 Å². The number of benzene rings is 1. The van der Waals surface area contributed by atoms with E-state index in [-0.39, 0.29) is 28.8 Å². The molecular weight excluding hydrogens is 320 g/mol. The van der Waals surface area contributed by atoms with Gasteiger partial charge in [-0.25, -0.2) is 12.7 Å². The molecule has 0 aliphatic heterocycles. The Balaban J connectivity index is 2.83. The van der Waals surface area contributed by atoms with Crippen LogP contribution < -0.4 is 0 Å². The van der Waals surface area contributed by atoms with Gasteiger partial charge in [0.2, 0.25) is 10.0 Å². The monoisotopic (exact) mass is 342 g/mol. The lowest BCUT2D eigenvalue weighted by Crippen LogP contribution is -2.28. The van der Waals surface area contributed by atoms with Crippen LogP contribution in [0.25, 0.3) is 0 Å². The van der Waals surface area contributed by atoms with Crippen molar-refractivity contribution >= 4 is 21.9 Å². The number of carbonyl (C=O) groups is 2. The van der Waals surface area contributed by atoms with Gasteiger partial charge in [0.25, 0.3) is 5.91 Å². The van der Waals surface area contributed by atoms with E-state index in [4.69, 9.17) is 0 Å². The molecule has 0 atom stereocenters. The Hall–Kier alpha value is -1.93. The molecule has 1 rings (SSSR count). The summed E-state index contributed by atoms with van der Waals surface area (Å²) >= 11 is 0. The molecule has 0 N–H and O–H groups in total. The molecule has 0 heterocycles. The molecule has 1 aromatic rings. The largest absolute Gasteiger partial charge is 0.469 e. The van der Waals surface area contributed by atoms with Crippen molar-refractivity contribution in [1.82, 2.24) is 9.21 Å². The zero-order chi connectivity index (χ0) is 17.6. The molecule has 7 nitrogen and oxygen atoms in total. The molecule has 0 fully saturated rings. The molecule has 8 heteroatoms. The van der Waals surface area contributed by atoms with E-state index in [1.165, 1.54) is 44.3 Å². The number of sulfonamides is 1. The minimum atomic E-state index is -3.59. The topological polar surface area (TPSA) is 84.0 Å². The third-order valence-corrected chi connectivity index (χ3v) is 5.12. The van der Waals surface area contributed by atoms with Crippen LogP contribution >= 0.6 is 0 Å². The molecule has 0 spiro atoms. The molecule has 0 saturated heterocycles.